The molecule has 1 aliphatic rings. The van der Waals surface area contributed by atoms with Gasteiger partial charge in [-0.05, 0) is 61.1 Å². The third-order valence-electron chi connectivity index (χ3n) is 6.77. The van der Waals surface area contributed by atoms with Crippen molar-refractivity contribution >= 4 is 29.0 Å². The van der Waals surface area contributed by atoms with Crippen molar-refractivity contribution in [2.45, 2.75) is 19.3 Å². The highest BCUT2D eigenvalue weighted by Crippen LogP contribution is 2.30. The molecule has 1 heterocycles. The number of urea groups is 1. The molecule has 1 aliphatic heterocycles. The maximum atomic E-state index is 13.2. The molecule has 3 aromatic rings. The summed E-state index contributed by atoms with van der Waals surface area (Å²) in [4.78, 5) is 28.1. The Kier molecular flexibility index (Phi) is 9.59. The molecule has 0 aromatic heterocycles. The number of para-hydroxylation sites is 2. The Morgan fingerprint density at radius 1 is 0.921 bits per heavy atom. The van der Waals surface area contributed by atoms with E-state index in [1.807, 2.05) is 30.3 Å². The molecule has 200 valence electrons. The van der Waals surface area contributed by atoms with Gasteiger partial charge in [0.05, 0.1) is 25.0 Å². The molecule has 1 saturated heterocycles. The minimum absolute atomic E-state index is 0.197. The molecule has 3 amide bonds. The topological polar surface area (TPSA) is 91.9 Å². The number of nitrogens with zero attached hydrogens (tertiary/aromatic N) is 1. The summed E-state index contributed by atoms with van der Waals surface area (Å²) in [7, 11) is 3.15. The minimum atomic E-state index is -0.422. The average molecular weight is 517 g/mol. The van der Waals surface area contributed by atoms with E-state index in [1.165, 1.54) is 5.56 Å². The minimum Gasteiger partial charge on any atom is -0.495 e. The highest BCUT2D eigenvalue weighted by Gasteiger charge is 2.24. The number of hydrogen-bond acceptors (Lipinski definition) is 5. The molecule has 0 bridgehead atoms. The van der Waals surface area contributed by atoms with E-state index in [4.69, 9.17) is 9.47 Å². The Morgan fingerprint density at radius 3 is 2.39 bits per heavy atom. The summed E-state index contributed by atoms with van der Waals surface area (Å²) in [5, 5.41) is 8.56. The van der Waals surface area contributed by atoms with E-state index in [9.17, 15) is 9.59 Å². The lowest BCUT2D eigenvalue weighted by Crippen LogP contribution is -2.36. The van der Waals surface area contributed by atoms with Crippen molar-refractivity contribution in [2.75, 3.05) is 56.0 Å². The molecule has 8 nitrogen and oxygen atoms in total. The van der Waals surface area contributed by atoms with Gasteiger partial charge in [-0.1, -0.05) is 42.5 Å². The zero-order valence-electron chi connectivity index (χ0n) is 22.0. The van der Waals surface area contributed by atoms with Crippen LogP contribution in [-0.4, -0.2) is 52.4 Å². The zero-order valence-corrected chi connectivity index (χ0v) is 22.0. The summed E-state index contributed by atoms with van der Waals surface area (Å²) >= 11 is 0. The Morgan fingerprint density at radius 2 is 1.66 bits per heavy atom. The second-order valence-corrected chi connectivity index (χ2v) is 9.38. The second kappa shape index (κ2) is 13.5. The average Bonchev–Trinajstić information content (AvgIpc) is 2.94. The van der Waals surface area contributed by atoms with Crippen LogP contribution in [0.5, 0.6) is 5.75 Å². The first-order chi connectivity index (χ1) is 18.6. The predicted molar refractivity (Wildman–Crippen MR) is 151 cm³/mol. The van der Waals surface area contributed by atoms with Crippen molar-refractivity contribution in [3.63, 3.8) is 0 Å². The number of methoxy groups -OCH3 is 2. The first kappa shape index (κ1) is 27.0. The smallest absolute Gasteiger partial charge is 0.323 e. The summed E-state index contributed by atoms with van der Waals surface area (Å²) in [6.07, 6.45) is 3.19. The molecule has 0 radical (unpaired) electrons. The standard InChI is InChI=1S/C30H36N4O4/c1-37-19-16-31-29(35)25-21-24(32-30(36)33-26-10-6-7-11-28(26)38-2)12-13-27(25)34-17-14-23(15-18-34)20-22-8-4-3-5-9-22/h3-13,21,23H,14-20H2,1-2H3,(H,31,35)(H2,32,33,36). The van der Waals surface area contributed by atoms with Crippen LogP contribution in [0.25, 0.3) is 0 Å². The van der Waals surface area contributed by atoms with Crippen LogP contribution in [0, 0.1) is 5.92 Å². The molecule has 1 fully saturated rings. The molecule has 38 heavy (non-hydrogen) atoms. The molecule has 0 atom stereocenters. The van der Waals surface area contributed by atoms with Crippen LogP contribution in [0.2, 0.25) is 0 Å². The van der Waals surface area contributed by atoms with Crippen molar-refractivity contribution in [3.8, 4) is 5.75 Å². The Bertz CT molecular complexity index is 1210. The van der Waals surface area contributed by atoms with Gasteiger partial charge in [-0.3, -0.25) is 4.79 Å². The lowest BCUT2D eigenvalue weighted by molar-refractivity contribution is 0.0937. The number of carbonyl (C=O) groups excluding carboxylic acids is 2. The number of amides is 3. The van der Waals surface area contributed by atoms with E-state index >= 15 is 0 Å². The van der Waals surface area contributed by atoms with E-state index < -0.39 is 6.03 Å². The third-order valence-corrected chi connectivity index (χ3v) is 6.77. The second-order valence-electron chi connectivity index (χ2n) is 9.38. The van der Waals surface area contributed by atoms with Gasteiger partial charge < -0.3 is 30.3 Å². The molecule has 8 heteroatoms. The molecule has 0 aliphatic carbocycles. The Labute approximate surface area is 224 Å². The fraction of sp³-hybridized carbons (Fsp3) is 0.333. The number of carbonyl (C=O) groups is 2. The van der Waals surface area contributed by atoms with E-state index in [2.05, 4.69) is 45.1 Å². The maximum Gasteiger partial charge on any atom is 0.323 e. The first-order valence-corrected chi connectivity index (χ1v) is 13.0. The molecular formula is C30H36N4O4. The van der Waals surface area contributed by atoms with E-state index in [0.717, 1.165) is 38.0 Å². The molecule has 3 aromatic carbocycles. The van der Waals surface area contributed by atoms with Gasteiger partial charge in [-0.2, -0.15) is 0 Å². The van der Waals surface area contributed by atoms with Gasteiger partial charge in [-0.15, -0.1) is 0 Å². The first-order valence-electron chi connectivity index (χ1n) is 13.0. The van der Waals surface area contributed by atoms with Crippen LogP contribution in [-0.2, 0) is 11.2 Å². The molecule has 0 unspecified atom stereocenters. The maximum absolute atomic E-state index is 13.2. The third kappa shape index (κ3) is 7.26. The van der Waals surface area contributed by atoms with Gasteiger partial charge in [0.15, 0.2) is 0 Å². The van der Waals surface area contributed by atoms with Crippen molar-refractivity contribution in [1.29, 1.82) is 0 Å². The molecular weight excluding hydrogens is 480 g/mol. The number of ether oxygens (including phenoxy) is 2. The molecule has 4 rings (SSSR count). The summed E-state index contributed by atoms with van der Waals surface area (Å²) in [5.74, 6) is 0.983. The van der Waals surface area contributed by atoms with Crippen LogP contribution >= 0.6 is 0 Å². The number of nitrogens with one attached hydrogen (secondary N) is 3. The molecule has 3 N–H and O–H groups in total. The monoisotopic (exact) mass is 516 g/mol. The van der Waals surface area contributed by atoms with E-state index in [-0.39, 0.29) is 5.91 Å². The van der Waals surface area contributed by atoms with E-state index in [0.29, 0.717) is 41.8 Å². The lowest BCUT2D eigenvalue weighted by Gasteiger charge is -2.35. The predicted octanol–water partition coefficient (Wildman–Crippen LogP) is 5.17. The van der Waals surface area contributed by atoms with Crippen molar-refractivity contribution < 1.29 is 19.1 Å². The van der Waals surface area contributed by atoms with Crippen LogP contribution in [0.15, 0.2) is 72.8 Å². The lowest BCUT2D eigenvalue weighted by atomic mass is 9.89. The Hall–Kier alpha value is -4.04. The summed E-state index contributed by atoms with van der Waals surface area (Å²) in [6, 6.07) is 22.8. The van der Waals surface area contributed by atoms with Gasteiger partial charge in [0.1, 0.15) is 5.75 Å². The zero-order chi connectivity index (χ0) is 26.7. The molecule has 0 spiro atoms. The normalized spacial score (nSPS) is 13.6. The number of rotatable bonds is 10. The number of hydrogen-bond donors (Lipinski definition) is 3. The SMILES string of the molecule is COCCNC(=O)c1cc(NC(=O)Nc2ccccc2OC)ccc1N1CCC(Cc2ccccc2)CC1. The summed E-state index contributed by atoms with van der Waals surface area (Å²) < 4.78 is 10.4. The van der Waals surface area contributed by atoms with Gasteiger partial charge in [0.25, 0.3) is 5.91 Å². The van der Waals surface area contributed by atoms with E-state index in [1.54, 1.807) is 32.4 Å². The van der Waals surface area contributed by atoms with Crippen LogP contribution in [0.4, 0.5) is 21.9 Å². The van der Waals surface area contributed by atoms with Gasteiger partial charge in [0.2, 0.25) is 0 Å². The summed E-state index contributed by atoms with van der Waals surface area (Å²) in [6.45, 7) is 2.57. The van der Waals surface area contributed by atoms with Crippen LogP contribution in [0.1, 0.15) is 28.8 Å². The quantitative estimate of drug-likeness (QED) is 0.323. The highest BCUT2D eigenvalue weighted by atomic mass is 16.5. The fourth-order valence-electron chi connectivity index (χ4n) is 4.79. The highest BCUT2D eigenvalue weighted by molar-refractivity contribution is 6.04. The number of benzene rings is 3. The number of piperidine rings is 1. The molecule has 0 saturated carbocycles. The Balaban J connectivity index is 1.46. The van der Waals surface area contributed by atoms with Crippen LogP contribution < -0.4 is 25.6 Å². The van der Waals surface area contributed by atoms with Crippen molar-refractivity contribution in [2.24, 2.45) is 5.92 Å². The van der Waals surface area contributed by atoms with Crippen molar-refractivity contribution in [1.82, 2.24) is 5.32 Å². The van der Waals surface area contributed by atoms with Gasteiger partial charge in [-0.25, -0.2) is 4.79 Å². The van der Waals surface area contributed by atoms with Crippen molar-refractivity contribution in [3.05, 3.63) is 83.9 Å². The van der Waals surface area contributed by atoms with Gasteiger partial charge in [0, 0.05) is 38.1 Å². The number of anilines is 3. The fourth-order valence-corrected chi connectivity index (χ4v) is 4.79. The largest absolute Gasteiger partial charge is 0.495 e. The summed E-state index contributed by atoms with van der Waals surface area (Å²) in [5.41, 5.74) is 3.84. The van der Waals surface area contributed by atoms with Crippen LogP contribution in [0.3, 0.4) is 0 Å². The van der Waals surface area contributed by atoms with Gasteiger partial charge >= 0.3 is 6.03 Å².